The van der Waals surface area contributed by atoms with Gasteiger partial charge in [0.25, 0.3) is 0 Å². The third kappa shape index (κ3) is 2.66. The number of allylic oxidation sites excluding steroid dienone is 1. The zero-order valence-electron chi connectivity index (χ0n) is 8.53. The van der Waals surface area contributed by atoms with Crippen LogP contribution in [0.4, 0.5) is 8.78 Å². The zero-order chi connectivity index (χ0) is 10.7. The Labute approximate surface area is 83.3 Å². The summed E-state index contributed by atoms with van der Waals surface area (Å²) in [5.74, 6) is -0.941. The second-order valence-electron chi connectivity index (χ2n) is 3.64. The maximum Gasteiger partial charge on any atom is 0.129 e. The van der Waals surface area contributed by atoms with Crippen molar-refractivity contribution in [2.24, 2.45) is 0 Å². The second-order valence-corrected chi connectivity index (χ2v) is 3.64. The molecule has 0 saturated heterocycles. The maximum absolute atomic E-state index is 13.1. The Kier molecular flexibility index (Phi) is 3.39. The van der Waals surface area contributed by atoms with Gasteiger partial charge in [0.1, 0.15) is 11.6 Å². The van der Waals surface area contributed by atoms with Crippen LogP contribution in [0.5, 0.6) is 0 Å². The van der Waals surface area contributed by atoms with Gasteiger partial charge in [-0.2, -0.15) is 0 Å². The highest BCUT2D eigenvalue weighted by Gasteiger charge is 2.06. The van der Waals surface area contributed by atoms with Gasteiger partial charge in [-0.3, -0.25) is 0 Å². The topological polar surface area (TPSA) is 0 Å². The lowest BCUT2D eigenvalue weighted by molar-refractivity contribution is 0.564. The van der Waals surface area contributed by atoms with Crippen LogP contribution in [0.1, 0.15) is 24.5 Å². The van der Waals surface area contributed by atoms with Crippen molar-refractivity contribution >= 4 is 0 Å². The number of hydrogen-bond donors (Lipinski definition) is 0. The van der Waals surface area contributed by atoms with E-state index in [0.717, 1.165) is 12.0 Å². The van der Waals surface area contributed by atoms with Crippen LogP contribution in [-0.2, 0) is 6.42 Å². The standard InChI is InChI=1S/C12H14F2/c1-8(2)4-5-10-6-11(13)9(3)12(14)7-10/h6-7H,1,4-5H2,2-3H3. The van der Waals surface area contributed by atoms with E-state index in [1.807, 2.05) is 6.92 Å². The molecule has 0 aromatic heterocycles. The van der Waals surface area contributed by atoms with Gasteiger partial charge in [-0.15, -0.1) is 6.58 Å². The molecule has 0 aliphatic rings. The Morgan fingerprint density at radius 2 is 1.79 bits per heavy atom. The van der Waals surface area contributed by atoms with Gasteiger partial charge in [0.05, 0.1) is 0 Å². The van der Waals surface area contributed by atoms with E-state index < -0.39 is 11.6 Å². The van der Waals surface area contributed by atoms with Crippen molar-refractivity contribution in [3.05, 3.63) is 47.0 Å². The van der Waals surface area contributed by atoms with Crippen molar-refractivity contribution in [2.45, 2.75) is 26.7 Å². The van der Waals surface area contributed by atoms with Gasteiger partial charge >= 0.3 is 0 Å². The fourth-order valence-electron chi connectivity index (χ4n) is 1.20. The van der Waals surface area contributed by atoms with Gasteiger partial charge in [0.2, 0.25) is 0 Å². The molecule has 0 fully saturated rings. The smallest absolute Gasteiger partial charge is 0.129 e. The minimum Gasteiger partial charge on any atom is -0.207 e. The lowest BCUT2D eigenvalue weighted by Gasteiger charge is -2.04. The van der Waals surface area contributed by atoms with E-state index in [9.17, 15) is 8.78 Å². The van der Waals surface area contributed by atoms with Crippen LogP contribution >= 0.6 is 0 Å². The molecule has 0 radical (unpaired) electrons. The normalized spacial score (nSPS) is 10.3. The lowest BCUT2D eigenvalue weighted by Crippen LogP contribution is -1.94. The van der Waals surface area contributed by atoms with Crippen LogP contribution in [0.15, 0.2) is 24.3 Å². The van der Waals surface area contributed by atoms with Gasteiger partial charge in [-0.05, 0) is 44.4 Å². The van der Waals surface area contributed by atoms with Crippen molar-refractivity contribution in [2.75, 3.05) is 0 Å². The first-order valence-corrected chi connectivity index (χ1v) is 4.59. The van der Waals surface area contributed by atoms with Crippen LogP contribution in [0, 0.1) is 18.6 Å². The molecule has 76 valence electrons. The molecule has 1 rings (SSSR count). The van der Waals surface area contributed by atoms with Gasteiger partial charge in [0.15, 0.2) is 0 Å². The number of aryl methyl sites for hydroxylation is 1. The molecule has 1 aromatic rings. The fourth-order valence-corrected chi connectivity index (χ4v) is 1.20. The van der Waals surface area contributed by atoms with Gasteiger partial charge in [-0.1, -0.05) is 5.57 Å². The van der Waals surface area contributed by atoms with E-state index in [1.54, 1.807) is 0 Å². The Hall–Kier alpha value is -1.18. The van der Waals surface area contributed by atoms with E-state index in [2.05, 4.69) is 6.58 Å². The average molecular weight is 196 g/mol. The molecule has 0 atom stereocenters. The molecule has 0 N–H and O–H groups in total. The highest BCUT2D eigenvalue weighted by atomic mass is 19.1. The minimum atomic E-state index is -0.471. The highest BCUT2D eigenvalue weighted by Crippen LogP contribution is 2.16. The molecule has 0 saturated carbocycles. The molecule has 0 aliphatic carbocycles. The van der Waals surface area contributed by atoms with Crippen molar-refractivity contribution in [3.63, 3.8) is 0 Å². The summed E-state index contributed by atoms with van der Waals surface area (Å²) in [5, 5.41) is 0. The number of hydrogen-bond acceptors (Lipinski definition) is 0. The number of rotatable bonds is 3. The summed E-state index contributed by atoms with van der Waals surface area (Å²) in [5.41, 5.74) is 1.80. The zero-order valence-corrected chi connectivity index (χ0v) is 8.53. The predicted molar refractivity (Wildman–Crippen MR) is 54.2 cm³/mol. The monoisotopic (exact) mass is 196 g/mol. The molecule has 2 heteroatoms. The SMILES string of the molecule is C=C(C)CCc1cc(F)c(C)c(F)c1. The van der Waals surface area contributed by atoms with Crippen molar-refractivity contribution in [1.29, 1.82) is 0 Å². The van der Waals surface area contributed by atoms with Gasteiger partial charge < -0.3 is 0 Å². The summed E-state index contributed by atoms with van der Waals surface area (Å²) in [6, 6.07) is 2.78. The molecule has 14 heavy (non-hydrogen) atoms. The lowest BCUT2D eigenvalue weighted by atomic mass is 10.0. The molecule has 1 aromatic carbocycles. The average Bonchev–Trinajstić information content (AvgIpc) is 2.10. The fraction of sp³-hybridized carbons (Fsp3) is 0.333. The Bertz CT molecular complexity index is 330. The number of halogens is 2. The number of benzene rings is 1. The summed E-state index contributed by atoms with van der Waals surface area (Å²) < 4.78 is 26.2. The van der Waals surface area contributed by atoms with Crippen LogP contribution in [0.25, 0.3) is 0 Å². The van der Waals surface area contributed by atoms with E-state index in [4.69, 9.17) is 0 Å². The third-order valence-corrected chi connectivity index (χ3v) is 2.18. The highest BCUT2D eigenvalue weighted by molar-refractivity contribution is 5.25. The second kappa shape index (κ2) is 4.36. The van der Waals surface area contributed by atoms with Gasteiger partial charge in [0, 0.05) is 5.56 Å². The maximum atomic E-state index is 13.1. The summed E-state index contributed by atoms with van der Waals surface area (Å²) in [4.78, 5) is 0. The minimum absolute atomic E-state index is 0.0871. The van der Waals surface area contributed by atoms with Crippen molar-refractivity contribution < 1.29 is 8.78 Å². The van der Waals surface area contributed by atoms with Crippen molar-refractivity contribution in [1.82, 2.24) is 0 Å². The third-order valence-electron chi connectivity index (χ3n) is 2.18. The molecule has 0 aliphatic heterocycles. The largest absolute Gasteiger partial charge is 0.207 e. The van der Waals surface area contributed by atoms with Crippen molar-refractivity contribution in [3.8, 4) is 0 Å². The molecule has 0 heterocycles. The summed E-state index contributed by atoms with van der Waals surface area (Å²) in [6.07, 6.45) is 1.41. The quantitative estimate of drug-likeness (QED) is 0.645. The molecule has 0 unspecified atom stereocenters. The summed E-state index contributed by atoms with van der Waals surface area (Å²) in [7, 11) is 0. The van der Waals surface area contributed by atoms with Crippen LogP contribution in [0.2, 0.25) is 0 Å². The Morgan fingerprint density at radius 1 is 1.29 bits per heavy atom. The molecule has 0 spiro atoms. The molecular formula is C12H14F2. The van der Waals surface area contributed by atoms with E-state index in [0.29, 0.717) is 12.0 Å². The summed E-state index contributed by atoms with van der Waals surface area (Å²) >= 11 is 0. The Morgan fingerprint density at radius 3 is 2.21 bits per heavy atom. The van der Waals surface area contributed by atoms with Crippen LogP contribution in [-0.4, -0.2) is 0 Å². The summed E-state index contributed by atoms with van der Waals surface area (Å²) in [6.45, 7) is 7.09. The van der Waals surface area contributed by atoms with E-state index >= 15 is 0 Å². The predicted octanol–water partition coefficient (Wildman–Crippen LogP) is 3.78. The van der Waals surface area contributed by atoms with Crippen LogP contribution in [0.3, 0.4) is 0 Å². The molecule has 0 nitrogen and oxygen atoms in total. The first kappa shape index (κ1) is 10.9. The van der Waals surface area contributed by atoms with Crippen LogP contribution < -0.4 is 0 Å². The molecule has 0 amide bonds. The first-order valence-electron chi connectivity index (χ1n) is 4.59. The van der Waals surface area contributed by atoms with E-state index in [-0.39, 0.29) is 5.56 Å². The molecular weight excluding hydrogens is 182 g/mol. The van der Waals surface area contributed by atoms with Gasteiger partial charge in [-0.25, -0.2) is 8.78 Å². The first-order chi connectivity index (χ1) is 6.50. The van der Waals surface area contributed by atoms with E-state index in [1.165, 1.54) is 19.1 Å². The Balaban J connectivity index is 2.84. The molecule has 0 bridgehead atoms.